The third-order valence-electron chi connectivity index (χ3n) is 0.919. The van der Waals surface area contributed by atoms with Crippen LogP contribution in [0.3, 0.4) is 0 Å². The van der Waals surface area contributed by atoms with Crippen LogP contribution in [0.25, 0.3) is 0 Å². The van der Waals surface area contributed by atoms with Gasteiger partial charge in [-0.2, -0.15) is 0 Å². The molecule has 0 aliphatic heterocycles. The zero-order valence-electron chi connectivity index (χ0n) is 6.79. The lowest BCUT2D eigenvalue weighted by Gasteiger charge is -2.20. The normalized spacial score (nSPS) is 15.3. The summed E-state index contributed by atoms with van der Waals surface area (Å²) in [5, 5.41) is 17.2. The predicted octanol–water partition coefficient (Wildman–Crippen LogP) is 0.155. The van der Waals surface area contributed by atoms with Crippen molar-refractivity contribution >= 4 is 0 Å². The summed E-state index contributed by atoms with van der Waals surface area (Å²) in [6, 6.07) is 0. The Labute approximate surface area is 61.6 Å². The molecule has 0 saturated carbocycles. The first-order valence-electron chi connectivity index (χ1n) is 3.38. The Morgan fingerprint density at radius 1 is 1.40 bits per heavy atom. The second-order valence-corrected chi connectivity index (χ2v) is 3.26. The summed E-state index contributed by atoms with van der Waals surface area (Å²) in [6.45, 7) is 5.65. The number of ether oxygens (including phenoxy) is 1. The van der Waals surface area contributed by atoms with Crippen LogP contribution in [0.1, 0.15) is 20.8 Å². The van der Waals surface area contributed by atoms with Gasteiger partial charge in [-0.15, -0.1) is 0 Å². The maximum absolute atomic E-state index is 8.85. The minimum absolute atomic E-state index is 0.194. The molecule has 3 heteroatoms. The molecule has 0 saturated heterocycles. The standard InChI is InChI=1S/C7H16O3/c1-7(2,3)10-5-6(9)4-8/h6,8-9H,4-5H2,1-3H3. The van der Waals surface area contributed by atoms with Crippen LogP contribution in [0.15, 0.2) is 0 Å². The van der Waals surface area contributed by atoms with Crippen molar-refractivity contribution in [3.05, 3.63) is 0 Å². The van der Waals surface area contributed by atoms with Gasteiger partial charge in [0.25, 0.3) is 0 Å². The van der Waals surface area contributed by atoms with Gasteiger partial charge in [-0.25, -0.2) is 0 Å². The van der Waals surface area contributed by atoms with Gasteiger partial charge in [0, 0.05) is 0 Å². The van der Waals surface area contributed by atoms with E-state index in [4.69, 9.17) is 14.9 Å². The molecule has 0 fully saturated rings. The average molecular weight is 148 g/mol. The van der Waals surface area contributed by atoms with Crippen LogP contribution >= 0.6 is 0 Å². The second kappa shape index (κ2) is 3.91. The highest BCUT2D eigenvalue weighted by molar-refractivity contribution is 4.60. The van der Waals surface area contributed by atoms with E-state index in [0.717, 1.165) is 0 Å². The van der Waals surface area contributed by atoms with E-state index < -0.39 is 6.10 Å². The van der Waals surface area contributed by atoms with E-state index in [1.54, 1.807) is 0 Å². The lowest BCUT2D eigenvalue weighted by molar-refractivity contribution is -0.0613. The van der Waals surface area contributed by atoms with Gasteiger partial charge in [0.15, 0.2) is 0 Å². The van der Waals surface area contributed by atoms with E-state index in [-0.39, 0.29) is 18.8 Å². The quantitative estimate of drug-likeness (QED) is 0.599. The van der Waals surface area contributed by atoms with Crippen LogP contribution in [-0.4, -0.2) is 35.1 Å². The smallest absolute Gasteiger partial charge is 0.100 e. The van der Waals surface area contributed by atoms with Gasteiger partial charge in [0.1, 0.15) is 6.10 Å². The molecular weight excluding hydrogens is 132 g/mol. The number of hydrogen-bond donors (Lipinski definition) is 2. The van der Waals surface area contributed by atoms with Gasteiger partial charge in [0.2, 0.25) is 0 Å². The molecule has 0 heterocycles. The molecule has 0 aromatic heterocycles. The van der Waals surface area contributed by atoms with Crippen molar-refractivity contribution in [3.8, 4) is 0 Å². The van der Waals surface area contributed by atoms with Crippen molar-refractivity contribution in [1.82, 2.24) is 0 Å². The number of aliphatic hydroxyl groups is 2. The van der Waals surface area contributed by atoms with E-state index in [1.807, 2.05) is 20.8 Å². The van der Waals surface area contributed by atoms with Gasteiger partial charge in [-0.1, -0.05) is 0 Å². The second-order valence-electron chi connectivity index (χ2n) is 3.26. The van der Waals surface area contributed by atoms with Crippen molar-refractivity contribution in [1.29, 1.82) is 0 Å². The molecule has 0 radical (unpaired) electrons. The van der Waals surface area contributed by atoms with Crippen molar-refractivity contribution in [2.75, 3.05) is 13.2 Å². The number of rotatable bonds is 3. The van der Waals surface area contributed by atoms with E-state index in [1.165, 1.54) is 0 Å². The topological polar surface area (TPSA) is 49.7 Å². The summed E-state index contributed by atoms with van der Waals surface area (Å²) < 4.78 is 5.17. The van der Waals surface area contributed by atoms with Crippen LogP contribution in [0.4, 0.5) is 0 Å². The van der Waals surface area contributed by atoms with Gasteiger partial charge in [-0.3, -0.25) is 0 Å². The fraction of sp³-hybridized carbons (Fsp3) is 1.00. The van der Waals surface area contributed by atoms with Crippen molar-refractivity contribution in [2.45, 2.75) is 32.5 Å². The summed E-state index contributed by atoms with van der Waals surface area (Å²) in [4.78, 5) is 0. The molecule has 0 bridgehead atoms. The van der Waals surface area contributed by atoms with Gasteiger partial charge in [0.05, 0.1) is 18.8 Å². The predicted molar refractivity (Wildman–Crippen MR) is 38.8 cm³/mol. The fourth-order valence-corrected chi connectivity index (χ4v) is 0.399. The molecule has 62 valence electrons. The van der Waals surface area contributed by atoms with E-state index >= 15 is 0 Å². The molecule has 0 spiro atoms. The van der Waals surface area contributed by atoms with E-state index in [9.17, 15) is 0 Å². The first-order valence-corrected chi connectivity index (χ1v) is 3.38. The summed E-state index contributed by atoms with van der Waals surface area (Å²) >= 11 is 0. The molecule has 0 aromatic carbocycles. The van der Waals surface area contributed by atoms with Crippen LogP contribution in [-0.2, 0) is 4.74 Å². The summed E-state index contributed by atoms with van der Waals surface area (Å²) in [6.07, 6.45) is -0.751. The molecule has 0 aliphatic rings. The molecule has 0 rings (SSSR count). The van der Waals surface area contributed by atoms with E-state index in [0.29, 0.717) is 0 Å². The van der Waals surface area contributed by atoms with Crippen molar-refractivity contribution in [3.63, 3.8) is 0 Å². The van der Waals surface area contributed by atoms with Gasteiger partial charge in [-0.05, 0) is 20.8 Å². The Balaban J connectivity index is 3.36. The summed E-state index contributed by atoms with van der Waals surface area (Å²) in [5.41, 5.74) is -0.240. The monoisotopic (exact) mass is 148 g/mol. The molecule has 10 heavy (non-hydrogen) atoms. The highest BCUT2D eigenvalue weighted by atomic mass is 16.5. The maximum Gasteiger partial charge on any atom is 0.100 e. The average Bonchev–Trinajstić information content (AvgIpc) is 1.81. The van der Waals surface area contributed by atoms with Crippen molar-refractivity contribution < 1.29 is 14.9 Å². The highest BCUT2D eigenvalue weighted by Crippen LogP contribution is 2.06. The highest BCUT2D eigenvalue weighted by Gasteiger charge is 2.12. The lowest BCUT2D eigenvalue weighted by Crippen LogP contribution is -2.27. The van der Waals surface area contributed by atoms with E-state index in [2.05, 4.69) is 0 Å². The molecule has 0 aliphatic carbocycles. The van der Waals surface area contributed by atoms with Gasteiger partial charge < -0.3 is 14.9 Å². The van der Waals surface area contributed by atoms with Crippen LogP contribution in [0.5, 0.6) is 0 Å². The molecule has 0 amide bonds. The van der Waals surface area contributed by atoms with Crippen molar-refractivity contribution in [2.24, 2.45) is 0 Å². The summed E-state index contributed by atoms with van der Waals surface area (Å²) in [5.74, 6) is 0. The molecule has 2 N–H and O–H groups in total. The first-order chi connectivity index (χ1) is 4.45. The lowest BCUT2D eigenvalue weighted by atomic mass is 10.2. The van der Waals surface area contributed by atoms with Crippen LogP contribution in [0.2, 0.25) is 0 Å². The maximum atomic E-state index is 8.85. The van der Waals surface area contributed by atoms with Crippen LogP contribution < -0.4 is 0 Å². The Morgan fingerprint density at radius 3 is 2.20 bits per heavy atom. The fourth-order valence-electron chi connectivity index (χ4n) is 0.399. The Kier molecular flexibility index (Phi) is 3.86. The first kappa shape index (κ1) is 9.88. The Bertz CT molecular complexity index is 85.3. The zero-order chi connectivity index (χ0) is 8.20. The van der Waals surface area contributed by atoms with Gasteiger partial charge >= 0.3 is 0 Å². The minimum Gasteiger partial charge on any atom is -0.394 e. The van der Waals surface area contributed by atoms with Crippen LogP contribution in [0, 0.1) is 0 Å². The molecule has 0 aromatic rings. The molecular formula is C7H16O3. The largest absolute Gasteiger partial charge is 0.394 e. The number of hydrogen-bond acceptors (Lipinski definition) is 3. The third kappa shape index (κ3) is 6.01. The molecule has 1 atom stereocenters. The number of aliphatic hydroxyl groups excluding tert-OH is 2. The SMILES string of the molecule is CC(C)(C)OCC(O)CO. The molecule has 3 nitrogen and oxygen atoms in total. The Morgan fingerprint density at radius 2 is 1.90 bits per heavy atom. The third-order valence-corrected chi connectivity index (χ3v) is 0.919. The summed E-state index contributed by atoms with van der Waals surface area (Å²) in [7, 11) is 0. The zero-order valence-corrected chi connectivity index (χ0v) is 6.79. The minimum atomic E-state index is -0.751. The Hall–Kier alpha value is -0.120. The molecule has 1 unspecified atom stereocenters.